The Balaban J connectivity index is 1.37. The molecule has 1 aromatic carbocycles. The van der Waals surface area contributed by atoms with Gasteiger partial charge in [0.2, 0.25) is 0 Å². The highest BCUT2D eigenvalue weighted by Gasteiger charge is 2.67. The van der Waals surface area contributed by atoms with E-state index in [0.717, 1.165) is 38.5 Å². The Morgan fingerprint density at radius 2 is 1.80 bits per heavy atom. The molecule has 3 fully saturated rings. The first-order chi connectivity index (χ1) is 19.5. The fraction of sp³-hybridized carbons (Fsp3) is 0.706. The van der Waals surface area contributed by atoms with Gasteiger partial charge in [-0.2, -0.15) is 0 Å². The summed E-state index contributed by atoms with van der Waals surface area (Å²) in [5.74, 6) is 0.974. The van der Waals surface area contributed by atoms with Gasteiger partial charge in [0.05, 0.1) is 12.7 Å². The van der Waals surface area contributed by atoms with E-state index < -0.39 is 37.3 Å². The monoisotopic (exact) mass is 567 g/mol. The van der Waals surface area contributed by atoms with Crippen LogP contribution in [0.1, 0.15) is 84.4 Å². The largest absolute Gasteiger partial charge is 0.394 e. The molecule has 4 aliphatic rings. The predicted molar refractivity (Wildman–Crippen MR) is 158 cm³/mol. The number of fused-ring (bicyclic) bond motifs is 7. The molecule has 3 aliphatic carbocycles. The maximum absolute atomic E-state index is 10.8. The lowest BCUT2D eigenvalue weighted by molar-refractivity contribution is -0.330. The van der Waals surface area contributed by atoms with Gasteiger partial charge in [-0.3, -0.25) is 0 Å². The number of rotatable bonds is 6. The minimum Gasteiger partial charge on any atom is -0.394 e. The maximum atomic E-state index is 10.8. The second-order valence-corrected chi connectivity index (χ2v) is 14.4. The third-order valence-electron chi connectivity index (χ3n) is 12.2. The Morgan fingerprint density at radius 3 is 2.54 bits per heavy atom. The Kier molecular flexibility index (Phi) is 7.48. The lowest BCUT2D eigenvalue weighted by Crippen LogP contribution is -2.64. The highest BCUT2D eigenvalue weighted by molar-refractivity contribution is 5.86. The third kappa shape index (κ3) is 4.29. The number of aliphatic hydroxyl groups excluding tert-OH is 4. The minimum atomic E-state index is -1.44. The van der Waals surface area contributed by atoms with Crippen LogP contribution in [-0.4, -0.2) is 68.8 Å². The van der Waals surface area contributed by atoms with E-state index in [1.807, 2.05) is 0 Å². The molecule has 0 radical (unpaired) electrons. The van der Waals surface area contributed by atoms with E-state index in [1.165, 1.54) is 34.2 Å². The Labute approximate surface area is 244 Å². The summed E-state index contributed by atoms with van der Waals surface area (Å²) >= 11 is 0. The number of benzene rings is 1. The topological polar surface area (TPSA) is 115 Å². The van der Waals surface area contributed by atoms with Crippen LogP contribution in [0.3, 0.4) is 0 Å². The van der Waals surface area contributed by atoms with Crippen LogP contribution in [0.25, 0.3) is 10.9 Å². The van der Waals surface area contributed by atoms with Crippen LogP contribution < -0.4 is 0 Å². The SMILES string of the molecule is CC(C)=CCC[C@]1(C)[C@@H](O[C@@H]2O[C@H](CO)[C@@H](O)[C@H](O)[C@@H]2O)CC[C@@]2(C)[C@H]1CC[C@H]1Cc3c([nH]c4ccccc34)[C@@]12C. The van der Waals surface area contributed by atoms with Crippen molar-refractivity contribution in [2.75, 3.05) is 6.61 Å². The number of hydrogen-bond acceptors (Lipinski definition) is 6. The molecule has 0 amide bonds. The molecule has 226 valence electrons. The van der Waals surface area contributed by atoms with Gasteiger partial charge in [0.15, 0.2) is 6.29 Å². The zero-order valence-electron chi connectivity index (χ0n) is 25.3. The van der Waals surface area contributed by atoms with E-state index in [-0.39, 0.29) is 22.3 Å². The van der Waals surface area contributed by atoms with Crippen LogP contribution in [0, 0.1) is 22.7 Å². The molecule has 7 nitrogen and oxygen atoms in total. The highest BCUT2D eigenvalue weighted by atomic mass is 16.7. The van der Waals surface area contributed by atoms with Gasteiger partial charge in [0.25, 0.3) is 0 Å². The van der Waals surface area contributed by atoms with E-state index >= 15 is 0 Å². The number of aromatic nitrogens is 1. The number of allylic oxidation sites excluding steroid dienone is 2. The van der Waals surface area contributed by atoms with Crippen molar-refractivity contribution in [3.8, 4) is 0 Å². The molecular formula is C34H49NO6. The van der Waals surface area contributed by atoms with Crippen LogP contribution in [0.5, 0.6) is 0 Å². The summed E-state index contributed by atoms with van der Waals surface area (Å²) in [6.07, 6.45) is 2.90. The van der Waals surface area contributed by atoms with Crippen LogP contribution in [0.4, 0.5) is 0 Å². The van der Waals surface area contributed by atoms with E-state index in [2.05, 4.69) is 69.9 Å². The number of ether oxygens (including phenoxy) is 2. The van der Waals surface area contributed by atoms with Crippen LogP contribution in [0.2, 0.25) is 0 Å². The smallest absolute Gasteiger partial charge is 0.186 e. The van der Waals surface area contributed by atoms with Gasteiger partial charge < -0.3 is 34.9 Å². The Morgan fingerprint density at radius 1 is 1.05 bits per heavy atom. The number of nitrogens with one attached hydrogen (secondary N) is 1. The molecule has 1 saturated heterocycles. The summed E-state index contributed by atoms with van der Waals surface area (Å²) in [6, 6.07) is 8.72. The van der Waals surface area contributed by atoms with Crippen molar-refractivity contribution in [1.29, 1.82) is 0 Å². The lowest BCUT2D eigenvalue weighted by atomic mass is 9.40. The van der Waals surface area contributed by atoms with Gasteiger partial charge in [-0.05, 0) is 93.1 Å². The number of aromatic amines is 1. The van der Waals surface area contributed by atoms with Crippen LogP contribution in [-0.2, 0) is 21.3 Å². The molecule has 11 atom stereocenters. The summed E-state index contributed by atoms with van der Waals surface area (Å²) in [7, 11) is 0. The van der Waals surface area contributed by atoms with Gasteiger partial charge in [-0.25, -0.2) is 0 Å². The van der Waals surface area contributed by atoms with Crippen molar-refractivity contribution in [2.45, 2.75) is 122 Å². The minimum absolute atomic E-state index is 0.0101. The fourth-order valence-electron chi connectivity index (χ4n) is 9.75. The summed E-state index contributed by atoms with van der Waals surface area (Å²) < 4.78 is 12.5. The van der Waals surface area contributed by atoms with Crippen molar-refractivity contribution < 1.29 is 29.9 Å². The molecule has 5 N–H and O–H groups in total. The first kappa shape index (κ1) is 29.3. The van der Waals surface area contributed by atoms with Crippen molar-refractivity contribution in [1.82, 2.24) is 4.98 Å². The summed E-state index contributed by atoms with van der Waals surface area (Å²) in [4.78, 5) is 3.89. The lowest BCUT2D eigenvalue weighted by Gasteiger charge is -2.65. The molecule has 0 bridgehead atoms. The van der Waals surface area contributed by atoms with Gasteiger partial charge >= 0.3 is 0 Å². The summed E-state index contributed by atoms with van der Waals surface area (Å²) in [5.41, 5.74) is 5.30. The van der Waals surface area contributed by atoms with Crippen LogP contribution in [0.15, 0.2) is 35.9 Å². The Bertz CT molecular complexity index is 1300. The number of para-hydroxylation sites is 1. The molecule has 0 spiro atoms. The zero-order valence-corrected chi connectivity index (χ0v) is 25.3. The molecule has 2 aromatic rings. The second kappa shape index (κ2) is 10.5. The van der Waals surface area contributed by atoms with Crippen LogP contribution >= 0.6 is 0 Å². The quantitative estimate of drug-likeness (QED) is 0.254. The molecule has 1 aliphatic heterocycles. The number of hydrogen-bond donors (Lipinski definition) is 5. The zero-order chi connectivity index (χ0) is 29.3. The van der Waals surface area contributed by atoms with E-state index in [1.54, 1.807) is 0 Å². The maximum Gasteiger partial charge on any atom is 0.186 e. The highest BCUT2D eigenvalue weighted by Crippen LogP contribution is 2.70. The summed E-state index contributed by atoms with van der Waals surface area (Å²) in [6.45, 7) is 11.2. The van der Waals surface area contributed by atoms with Crippen molar-refractivity contribution >= 4 is 10.9 Å². The average molecular weight is 568 g/mol. The fourth-order valence-corrected chi connectivity index (χ4v) is 9.75. The molecule has 6 rings (SSSR count). The molecule has 0 unspecified atom stereocenters. The van der Waals surface area contributed by atoms with Crippen molar-refractivity contribution in [3.63, 3.8) is 0 Å². The number of H-pyrrole nitrogens is 1. The first-order valence-corrected chi connectivity index (χ1v) is 15.6. The standard InChI is InChI=1S/C34H49NO6/c1-19(2)9-8-15-32(3)25-13-12-20-17-22-21-10-6-7-11-23(21)35-30(22)34(20,5)33(25,4)16-14-26(32)41-31-29(39)28(38)27(37)24(18-36)40-31/h6-7,9-11,20,24-29,31,35-39H,8,12-18H2,1-5H3/t20-,24+,25-,26-,27+,28-,29-,31-,32-,33-,34+/m0/s1. The van der Waals surface area contributed by atoms with Gasteiger partial charge in [-0.1, -0.05) is 50.6 Å². The second-order valence-electron chi connectivity index (χ2n) is 14.4. The van der Waals surface area contributed by atoms with E-state index in [4.69, 9.17) is 9.47 Å². The summed E-state index contributed by atoms with van der Waals surface area (Å²) in [5, 5.41) is 42.8. The normalized spacial score (nSPS) is 43.8. The van der Waals surface area contributed by atoms with Gasteiger partial charge in [0.1, 0.15) is 24.4 Å². The van der Waals surface area contributed by atoms with Crippen molar-refractivity contribution in [3.05, 3.63) is 47.2 Å². The van der Waals surface area contributed by atoms with E-state index in [9.17, 15) is 20.4 Å². The molecule has 2 saturated carbocycles. The van der Waals surface area contributed by atoms with Gasteiger partial charge in [-0.15, -0.1) is 0 Å². The van der Waals surface area contributed by atoms with Gasteiger partial charge in [0, 0.05) is 22.0 Å². The van der Waals surface area contributed by atoms with Crippen molar-refractivity contribution in [2.24, 2.45) is 22.7 Å². The first-order valence-electron chi connectivity index (χ1n) is 15.6. The number of aliphatic hydroxyl groups is 4. The molecular weight excluding hydrogens is 518 g/mol. The molecule has 1 aromatic heterocycles. The average Bonchev–Trinajstić information content (AvgIpc) is 3.45. The molecule has 2 heterocycles. The Hall–Kier alpha value is -1.74. The van der Waals surface area contributed by atoms with E-state index in [0.29, 0.717) is 11.8 Å². The molecule has 41 heavy (non-hydrogen) atoms. The third-order valence-corrected chi connectivity index (χ3v) is 12.2. The molecule has 7 heteroatoms. The predicted octanol–water partition coefficient (Wildman–Crippen LogP) is 4.75.